The van der Waals surface area contributed by atoms with E-state index in [1.54, 1.807) is 0 Å². The van der Waals surface area contributed by atoms with Crippen molar-refractivity contribution in [2.75, 3.05) is 19.6 Å². The molecule has 0 aromatic heterocycles. The maximum absolute atomic E-state index is 11.3. The normalized spacial score (nSPS) is 26.9. The van der Waals surface area contributed by atoms with Gasteiger partial charge >= 0.3 is 5.97 Å². The summed E-state index contributed by atoms with van der Waals surface area (Å²) >= 11 is 0. The molecule has 1 aliphatic carbocycles. The Balaban J connectivity index is 1.83. The zero-order chi connectivity index (χ0) is 13.0. The molecule has 1 amide bonds. The summed E-state index contributed by atoms with van der Waals surface area (Å²) < 4.78 is 0. The van der Waals surface area contributed by atoms with Gasteiger partial charge in [-0.2, -0.15) is 0 Å². The Morgan fingerprint density at radius 2 is 2.06 bits per heavy atom. The molecular weight excluding hydrogens is 232 g/mol. The largest absolute Gasteiger partial charge is 0.480 e. The Kier molecular flexibility index (Phi) is 4.58. The number of carbonyl (C=O) groups is 2. The maximum atomic E-state index is 11.3. The number of nitrogens with zero attached hydrogens (tertiary/aromatic N) is 1. The van der Waals surface area contributed by atoms with E-state index in [0.717, 1.165) is 18.9 Å². The second kappa shape index (κ2) is 6.18. The van der Waals surface area contributed by atoms with Crippen LogP contribution in [0, 0.1) is 5.92 Å². The maximum Gasteiger partial charge on any atom is 0.322 e. The van der Waals surface area contributed by atoms with Crippen molar-refractivity contribution in [1.29, 1.82) is 0 Å². The highest BCUT2D eigenvalue weighted by Crippen LogP contribution is 2.26. The number of carboxylic acid groups (broad SMARTS) is 1. The van der Waals surface area contributed by atoms with Gasteiger partial charge < -0.3 is 10.4 Å². The SMILES string of the molecule is O=C1CN(CCC2CCCCC2)C(C(=O)O)CN1. The van der Waals surface area contributed by atoms with Crippen LogP contribution in [0.25, 0.3) is 0 Å². The number of hydrogen-bond acceptors (Lipinski definition) is 3. The van der Waals surface area contributed by atoms with Crippen molar-refractivity contribution in [1.82, 2.24) is 10.2 Å². The first-order chi connectivity index (χ1) is 8.66. The van der Waals surface area contributed by atoms with E-state index in [1.165, 1.54) is 32.1 Å². The summed E-state index contributed by atoms with van der Waals surface area (Å²) in [6.45, 7) is 1.19. The molecule has 1 atom stereocenters. The number of amides is 1. The molecule has 5 heteroatoms. The highest BCUT2D eigenvalue weighted by atomic mass is 16.4. The Morgan fingerprint density at radius 3 is 2.72 bits per heavy atom. The van der Waals surface area contributed by atoms with Crippen LogP contribution in [0.1, 0.15) is 38.5 Å². The molecule has 0 spiro atoms. The highest BCUT2D eigenvalue weighted by molar-refractivity contribution is 5.83. The van der Waals surface area contributed by atoms with Crippen molar-refractivity contribution in [3.8, 4) is 0 Å². The summed E-state index contributed by atoms with van der Waals surface area (Å²) in [5, 5.41) is 11.8. The molecule has 2 fully saturated rings. The molecule has 2 aliphatic rings. The van der Waals surface area contributed by atoms with Crippen molar-refractivity contribution in [3.05, 3.63) is 0 Å². The molecular formula is C13H22N2O3. The smallest absolute Gasteiger partial charge is 0.322 e. The number of aliphatic carboxylic acids is 1. The summed E-state index contributed by atoms with van der Waals surface area (Å²) in [6, 6.07) is -0.550. The first-order valence-corrected chi connectivity index (χ1v) is 6.90. The number of carbonyl (C=O) groups excluding carboxylic acids is 1. The Morgan fingerprint density at radius 1 is 1.33 bits per heavy atom. The molecule has 18 heavy (non-hydrogen) atoms. The quantitative estimate of drug-likeness (QED) is 0.780. The average molecular weight is 254 g/mol. The van der Waals surface area contributed by atoms with E-state index >= 15 is 0 Å². The lowest BCUT2D eigenvalue weighted by Crippen LogP contribution is -2.57. The van der Waals surface area contributed by atoms with Crippen LogP contribution in [-0.4, -0.2) is 47.6 Å². The van der Waals surface area contributed by atoms with Crippen LogP contribution < -0.4 is 5.32 Å². The first kappa shape index (κ1) is 13.3. The Labute approximate surface area is 108 Å². The molecule has 0 aromatic rings. The van der Waals surface area contributed by atoms with Gasteiger partial charge in [-0.15, -0.1) is 0 Å². The molecule has 0 radical (unpaired) electrons. The lowest BCUT2D eigenvalue weighted by Gasteiger charge is -2.34. The van der Waals surface area contributed by atoms with E-state index in [1.807, 2.05) is 4.90 Å². The number of nitrogens with one attached hydrogen (secondary N) is 1. The van der Waals surface area contributed by atoms with E-state index in [9.17, 15) is 9.59 Å². The van der Waals surface area contributed by atoms with Crippen LogP contribution in [0.4, 0.5) is 0 Å². The minimum Gasteiger partial charge on any atom is -0.480 e. The fourth-order valence-electron chi connectivity index (χ4n) is 2.99. The number of piperazine rings is 1. The lowest BCUT2D eigenvalue weighted by molar-refractivity contribution is -0.146. The molecule has 1 heterocycles. The van der Waals surface area contributed by atoms with E-state index < -0.39 is 12.0 Å². The Hall–Kier alpha value is -1.10. The van der Waals surface area contributed by atoms with E-state index in [-0.39, 0.29) is 19.0 Å². The highest BCUT2D eigenvalue weighted by Gasteiger charge is 2.31. The zero-order valence-corrected chi connectivity index (χ0v) is 10.7. The fraction of sp³-hybridized carbons (Fsp3) is 0.846. The van der Waals surface area contributed by atoms with E-state index in [4.69, 9.17) is 5.11 Å². The van der Waals surface area contributed by atoms with Gasteiger partial charge in [-0.25, -0.2) is 0 Å². The van der Waals surface area contributed by atoms with E-state index in [2.05, 4.69) is 5.32 Å². The van der Waals surface area contributed by atoms with Crippen molar-refractivity contribution in [3.63, 3.8) is 0 Å². The molecule has 102 valence electrons. The van der Waals surface area contributed by atoms with Gasteiger partial charge in [0.2, 0.25) is 5.91 Å². The summed E-state index contributed by atoms with van der Waals surface area (Å²) in [5.41, 5.74) is 0. The van der Waals surface area contributed by atoms with Crippen molar-refractivity contribution < 1.29 is 14.7 Å². The third-order valence-electron chi connectivity index (χ3n) is 4.11. The predicted molar refractivity (Wildman–Crippen MR) is 67.2 cm³/mol. The van der Waals surface area contributed by atoms with Crippen LogP contribution in [-0.2, 0) is 9.59 Å². The molecule has 1 unspecified atom stereocenters. The standard InChI is InChI=1S/C13H22N2O3/c16-12-9-15(11(8-14-12)13(17)18)7-6-10-4-2-1-3-5-10/h10-11H,1-9H2,(H,14,16)(H,17,18). The lowest BCUT2D eigenvalue weighted by atomic mass is 9.87. The topological polar surface area (TPSA) is 69.6 Å². The van der Waals surface area contributed by atoms with Crippen LogP contribution >= 0.6 is 0 Å². The molecule has 1 aliphatic heterocycles. The van der Waals surface area contributed by atoms with Crippen LogP contribution in [0.2, 0.25) is 0 Å². The van der Waals surface area contributed by atoms with Crippen LogP contribution in [0.5, 0.6) is 0 Å². The predicted octanol–water partition coefficient (Wildman–Crippen LogP) is 0.842. The Bertz CT molecular complexity index is 313. The van der Waals surface area contributed by atoms with Gasteiger partial charge in [-0.3, -0.25) is 14.5 Å². The number of carboxylic acids is 1. The van der Waals surface area contributed by atoms with Gasteiger partial charge in [0.05, 0.1) is 6.54 Å². The summed E-state index contributed by atoms with van der Waals surface area (Å²) in [5.74, 6) is -0.173. The number of rotatable bonds is 4. The summed E-state index contributed by atoms with van der Waals surface area (Å²) in [6.07, 6.45) is 7.48. The van der Waals surface area contributed by atoms with Crippen LogP contribution in [0.15, 0.2) is 0 Å². The molecule has 1 saturated heterocycles. The second-order valence-electron chi connectivity index (χ2n) is 5.42. The minimum absolute atomic E-state index is 0.0591. The zero-order valence-electron chi connectivity index (χ0n) is 10.7. The summed E-state index contributed by atoms with van der Waals surface area (Å²) in [7, 11) is 0. The average Bonchev–Trinajstić information content (AvgIpc) is 2.37. The van der Waals surface area contributed by atoms with Crippen molar-refractivity contribution in [2.45, 2.75) is 44.6 Å². The first-order valence-electron chi connectivity index (χ1n) is 6.90. The van der Waals surface area contributed by atoms with Gasteiger partial charge in [0.25, 0.3) is 0 Å². The molecule has 1 saturated carbocycles. The van der Waals surface area contributed by atoms with Crippen molar-refractivity contribution in [2.24, 2.45) is 5.92 Å². The minimum atomic E-state index is -0.835. The van der Waals surface area contributed by atoms with Crippen molar-refractivity contribution >= 4 is 11.9 Å². The van der Waals surface area contributed by atoms with Crippen LogP contribution in [0.3, 0.4) is 0 Å². The molecule has 2 N–H and O–H groups in total. The van der Waals surface area contributed by atoms with Gasteiger partial charge in [0.15, 0.2) is 0 Å². The van der Waals surface area contributed by atoms with Gasteiger partial charge in [-0.05, 0) is 18.9 Å². The third-order valence-corrected chi connectivity index (χ3v) is 4.11. The van der Waals surface area contributed by atoms with Gasteiger partial charge in [0.1, 0.15) is 6.04 Å². The molecule has 0 bridgehead atoms. The molecule has 5 nitrogen and oxygen atoms in total. The van der Waals surface area contributed by atoms with E-state index in [0.29, 0.717) is 0 Å². The fourth-order valence-corrected chi connectivity index (χ4v) is 2.99. The third kappa shape index (κ3) is 3.45. The number of hydrogen-bond donors (Lipinski definition) is 2. The summed E-state index contributed by atoms with van der Waals surface area (Å²) in [4.78, 5) is 24.3. The van der Waals surface area contributed by atoms with Gasteiger partial charge in [0, 0.05) is 6.54 Å². The monoisotopic (exact) mass is 254 g/mol. The second-order valence-corrected chi connectivity index (χ2v) is 5.42. The van der Waals surface area contributed by atoms with Gasteiger partial charge in [-0.1, -0.05) is 32.1 Å². The molecule has 0 aromatic carbocycles. The molecule has 2 rings (SSSR count).